The van der Waals surface area contributed by atoms with Crippen molar-refractivity contribution in [2.75, 3.05) is 6.54 Å². The summed E-state index contributed by atoms with van der Waals surface area (Å²) in [7, 11) is 0. The summed E-state index contributed by atoms with van der Waals surface area (Å²) in [4.78, 5) is 19.3. The summed E-state index contributed by atoms with van der Waals surface area (Å²) >= 11 is 5.93. The Balaban J connectivity index is 1.56. The van der Waals surface area contributed by atoms with E-state index in [1.807, 2.05) is 41.3 Å². The third-order valence-corrected chi connectivity index (χ3v) is 5.20. The topological polar surface area (TPSA) is 59.2 Å². The largest absolute Gasteiger partial charge is 0.337 e. The van der Waals surface area contributed by atoms with Crippen LogP contribution in [0.3, 0.4) is 0 Å². The molecule has 1 unspecified atom stereocenters. The highest BCUT2D eigenvalue weighted by molar-refractivity contribution is 6.30. The Labute approximate surface area is 163 Å². The smallest absolute Gasteiger partial charge is 0.254 e. The van der Waals surface area contributed by atoms with E-state index in [1.54, 1.807) is 12.1 Å². The monoisotopic (exact) mass is 381 g/mol. The van der Waals surface area contributed by atoms with Crippen molar-refractivity contribution in [2.24, 2.45) is 0 Å². The average molecular weight is 382 g/mol. The molecule has 0 N–H and O–H groups in total. The molecule has 1 atom stereocenters. The number of benzene rings is 2. The molecule has 0 radical (unpaired) electrons. The minimum absolute atomic E-state index is 0.00592. The van der Waals surface area contributed by atoms with Crippen LogP contribution in [0.5, 0.6) is 0 Å². The van der Waals surface area contributed by atoms with Crippen molar-refractivity contribution in [3.63, 3.8) is 0 Å². The minimum Gasteiger partial charge on any atom is -0.337 e. The van der Waals surface area contributed by atoms with Crippen molar-refractivity contribution >= 4 is 17.5 Å². The first kappa shape index (κ1) is 17.7. The van der Waals surface area contributed by atoms with Gasteiger partial charge in [-0.25, -0.2) is 0 Å². The molecule has 0 bridgehead atoms. The zero-order chi connectivity index (χ0) is 18.8. The second-order valence-corrected chi connectivity index (χ2v) is 7.11. The number of hydrogen-bond acceptors (Lipinski definition) is 4. The maximum atomic E-state index is 13.0. The van der Waals surface area contributed by atoms with Gasteiger partial charge in [0.1, 0.15) is 6.04 Å². The predicted octanol–water partition coefficient (Wildman–Crippen LogP) is 4.93. The number of likely N-dealkylation sites (tertiary alicyclic amines) is 1. The van der Waals surface area contributed by atoms with E-state index >= 15 is 0 Å². The van der Waals surface area contributed by atoms with Gasteiger partial charge in [-0.05, 0) is 61.2 Å². The molecule has 1 aliphatic rings. The van der Waals surface area contributed by atoms with Gasteiger partial charge in [-0.2, -0.15) is 4.98 Å². The summed E-state index contributed by atoms with van der Waals surface area (Å²) in [5.74, 6) is 0.996. The van der Waals surface area contributed by atoms with Crippen LogP contribution in [-0.4, -0.2) is 27.5 Å². The highest BCUT2D eigenvalue weighted by Crippen LogP contribution is 2.33. The van der Waals surface area contributed by atoms with Gasteiger partial charge in [0, 0.05) is 22.7 Å². The molecule has 0 aliphatic carbocycles. The first-order valence-corrected chi connectivity index (χ1v) is 9.53. The molecule has 1 saturated heterocycles. The van der Waals surface area contributed by atoms with E-state index in [4.69, 9.17) is 16.1 Å². The van der Waals surface area contributed by atoms with E-state index in [1.165, 1.54) is 5.56 Å². The first-order chi connectivity index (χ1) is 13.2. The molecule has 4 rings (SSSR count). The Morgan fingerprint density at radius 3 is 2.63 bits per heavy atom. The molecule has 1 aliphatic heterocycles. The summed E-state index contributed by atoms with van der Waals surface area (Å²) in [5, 5.41) is 4.74. The SMILES string of the molecule is CCc1ccc(C(=O)N2CCCC2c2nc(-c3ccc(Cl)cc3)no2)cc1. The van der Waals surface area contributed by atoms with Crippen LogP contribution >= 0.6 is 11.6 Å². The number of carbonyl (C=O) groups excluding carboxylic acids is 1. The van der Waals surface area contributed by atoms with Gasteiger partial charge in [0.15, 0.2) is 0 Å². The summed E-state index contributed by atoms with van der Waals surface area (Å²) in [6.07, 6.45) is 2.69. The molecule has 1 fully saturated rings. The van der Waals surface area contributed by atoms with E-state index in [2.05, 4.69) is 17.1 Å². The molecule has 2 aromatic carbocycles. The fourth-order valence-corrected chi connectivity index (χ4v) is 3.53. The highest BCUT2D eigenvalue weighted by atomic mass is 35.5. The van der Waals surface area contributed by atoms with Crippen molar-refractivity contribution in [3.8, 4) is 11.4 Å². The Kier molecular flexibility index (Phi) is 4.94. The molecule has 27 heavy (non-hydrogen) atoms. The van der Waals surface area contributed by atoms with Crippen molar-refractivity contribution in [3.05, 3.63) is 70.6 Å². The third-order valence-electron chi connectivity index (χ3n) is 4.95. The standard InChI is InChI=1S/C21H20ClN3O2/c1-2-14-5-7-16(8-6-14)21(26)25-13-3-4-18(25)20-23-19(24-27-20)15-9-11-17(22)12-10-15/h5-12,18H,2-4,13H2,1H3. The molecule has 3 aromatic rings. The molecule has 6 heteroatoms. The minimum atomic E-state index is -0.183. The number of carbonyl (C=O) groups is 1. The first-order valence-electron chi connectivity index (χ1n) is 9.15. The van der Waals surface area contributed by atoms with Crippen LogP contribution in [0, 0.1) is 0 Å². The molecule has 5 nitrogen and oxygen atoms in total. The summed E-state index contributed by atoms with van der Waals surface area (Å²) < 4.78 is 5.50. The van der Waals surface area contributed by atoms with E-state index in [9.17, 15) is 4.79 Å². The normalized spacial score (nSPS) is 16.7. The second-order valence-electron chi connectivity index (χ2n) is 6.67. The molecular formula is C21H20ClN3O2. The summed E-state index contributed by atoms with van der Waals surface area (Å²) in [6.45, 7) is 2.79. The molecule has 0 spiro atoms. The van der Waals surface area contributed by atoms with Gasteiger partial charge in [-0.1, -0.05) is 35.8 Å². The lowest BCUT2D eigenvalue weighted by atomic mass is 10.1. The summed E-state index contributed by atoms with van der Waals surface area (Å²) in [6, 6.07) is 14.9. The van der Waals surface area contributed by atoms with Crippen LogP contribution in [0.15, 0.2) is 53.1 Å². The van der Waals surface area contributed by atoms with Crippen LogP contribution in [0.25, 0.3) is 11.4 Å². The number of aromatic nitrogens is 2. The number of nitrogens with zero attached hydrogens (tertiary/aromatic N) is 3. The van der Waals surface area contributed by atoms with Gasteiger partial charge in [0.25, 0.3) is 5.91 Å². The quantitative estimate of drug-likeness (QED) is 0.642. The van der Waals surface area contributed by atoms with Crippen molar-refractivity contribution in [1.29, 1.82) is 0 Å². The summed E-state index contributed by atoms with van der Waals surface area (Å²) in [5.41, 5.74) is 2.74. The number of amides is 1. The fourth-order valence-electron chi connectivity index (χ4n) is 3.40. The van der Waals surface area contributed by atoms with Crippen molar-refractivity contribution in [2.45, 2.75) is 32.2 Å². The van der Waals surface area contributed by atoms with Gasteiger partial charge in [-0.3, -0.25) is 4.79 Å². The van der Waals surface area contributed by atoms with E-state index in [0.717, 1.165) is 24.8 Å². The zero-order valence-electron chi connectivity index (χ0n) is 15.1. The maximum absolute atomic E-state index is 13.0. The van der Waals surface area contributed by atoms with E-state index in [0.29, 0.717) is 28.8 Å². The van der Waals surface area contributed by atoms with Gasteiger partial charge in [0.2, 0.25) is 11.7 Å². The van der Waals surface area contributed by atoms with E-state index < -0.39 is 0 Å². The van der Waals surface area contributed by atoms with Gasteiger partial charge < -0.3 is 9.42 Å². The number of hydrogen-bond donors (Lipinski definition) is 0. The molecule has 1 amide bonds. The van der Waals surface area contributed by atoms with Crippen LogP contribution in [0.2, 0.25) is 5.02 Å². The van der Waals surface area contributed by atoms with Crippen LogP contribution in [-0.2, 0) is 6.42 Å². The van der Waals surface area contributed by atoms with Crippen LogP contribution in [0.4, 0.5) is 0 Å². The average Bonchev–Trinajstić information content (AvgIpc) is 3.37. The number of halogens is 1. The van der Waals surface area contributed by atoms with Gasteiger partial charge in [0.05, 0.1) is 0 Å². The Morgan fingerprint density at radius 2 is 1.93 bits per heavy atom. The van der Waals surface area contributed by atoms with Crippen LogP contribution < -0.4 is 0 Å². The Bertz CT molecular complexity index is 935. The van der Waals surface area contributed by atoms with Crippen molar-refractivity contribution < 1.29 is 9.32 Å². The van der Waals surface area contributed by atoms with Gasteiger partial charge >= 0.3 is 0 Å². The fraction of sp³-hybridized carbons (Fsp3) is 0.286. The second kappa shape index (κ2) is 7.53. The number of aryl methyl sites for hydroxylation is 1. The van der Waals surface area contributed by atoms with Crippen LogP contribution in [0.1, 0.15) is 47.6 Å². The molecular weight excluding hydrogens is 362 g/mol. The lowest BCUT2D eigenvalue weighted by Gasteiger charge is -2.22. The lowest BCUT2D eigenvalue weighted by molar-refractivity contribution is 0.0710. The molecule has 138 valence electrons. The predicted molar refractivity (Wildman–Crippen MR) is 104 cm³/mol. The zero-order valence-corrected chi connectivity index (χ0v) is 15.8. The Morgan fingerprint density at radius 1 is 1.19 bits per heavy atom. The number of rotatable bonds is 4. The van der Waals surface area contributed by atoms with E-state index in [-0.39, 0.29) is 11.9 Å². The maximum Gasteiger partial charge on any atom is 0.254 e. The Hall–Kier alpha value is -2.66. The molecule has 2 heterocycles. The molecule has 1 aromatic heterocycles. The molecule has 0 saturated carbocycles. The lowest BCUT2D eigenvalue weighted by Crippen LogP contribution is -2.30. The van der Waals surface area contributed by atoms with Crippen molar-refractivity contribution in [1.82, 2.24) is 15.0 Å². The highest BCUT2D eigenvalue weighted by Gasteiger charge is 2.34. The third kappa shape index (κ3) is 3.60. The van der Waals surface area contributed by atoms with Gasteiger partial charge in [-0.15, -0.1) is 0 Å².